The van der Waals surface area contributed by atoms with Crippen molar-refractivity contribution in [2.24, 2.45) is 0 Å². The maximum absolute atomic E-state index is 11.3. The van der Waals surface area contributed by atoms with Crippen molar-refractivity contribution in [2.45, 2.75) is 26.3 Å². The van der Waals surface area contributed by atoms with Crippen LogP contribution in [0.3, 0.4) is 0 Å². The Morgan fingerprint density at radius 1 is 1.05 bits per heavy atom. The Balaban J connectivity index is 2.28. The van der Waals surface area contributed by atoms with Gasteiger partial charge in [-0.05, 0) is 38.1 Å². The summed E-state index contributed by atoms with van der Waals surface area (Å²) in [6, 6.07) is 8.47. The number of urea groups is 1. The summed E-state index contributed by atoms with van der Waals surface area (Å²) in [4.78, 5) is 13.5. The Kier molecular flexibility index (Phi) is 6.97. The molecule has 0 heterocycles. The molecule has 0 aliphatic carbocycles. The van der Waals surface area contributed by atoms with Crippen LogP contribution in [0.5, 0.6) is 0 Å². The fraction of sp³-hybridized carbons (Fsp3) is 0.533. The average molecular weight is 263 g/mol. The van der Waals surface area contributed by atoms with Gasteiger partial charge in [-0.3, -0.25) is 0 Å². The third-order valence-electron chi connectivity index (χ3n) is 2.76. The van der Waals surface area contributed by atoms with E-state index in [2.05, 4.69) is 53.9 Å². The Labute approximate surface area is 116 Å². The summed E-state index contributed by atoms with van der Waals surface area (Å²) in [5.74, 6) is 0. The molecule has 1 aromatic rings. The van der Waals surface area contributed by atoms with Gasteiger partial charge < -0.3 is 15.5 Å². The molecule has 19 heavy (non-hydrogen) atoms. The lowest BCUT2D eigenvalue weighted by atomic mass is 10.1. The minimum Gasteiger partial charge on any atom is -0.338 e. The summed E-state index contributed by atoms with van der Waals surface area (Å²) in [7, 11) is 4.12. The van der Waals surface area contributed by atoms with Gasteiger partial charge in [0.05, 0.1) is 0 Å². The molecule has 106 valence electrons. The first-order valence-electron chi connectivity index (χ1n) is 6.86. The number of rotatable bonds is 7. The van der Waals surface area contributed by atoms with Gasteiger partial charge >= 0.3 is 6.03 Å². The van der Waals surface area contributed by atoms with Gasteiger partial charge in [0.25, 0.3) is 0 Å². The average Bonchev–Trinajstić information content (AvgIpc) is 2.38. The fourth-order valence-electron chi connectivity index (χ4n) is 1.80. The van der Waals surface area contributed by atoms with Crippen LogP contribution in [0.2, 0.25) is 0 Å². The minimum atomic E-state index is -0.0777. The monoisotopic (exact) mass is 263 g/mol. The molecule has 1 aromatic carbocycles. The Bertz CT molecular complexity index is 373. The molecule has 0 aliphatic heterocycles. The van der Waals surface area contributed by atoms with E-state index < -0.39 is 0 Å². The standard InChI is InChI=1S/C15H25N3O/c1-4-10-16-15(19)17-11-9-13-5-7-14(8-6-13)12-18(2)3/h5-8H,4,9-12H2,1-3H3,(H2,16,17,19). The Morgan fingerprint density at radius 3 is 2.21 bits per heavy atom. The smallest absolute Gasteiger partial charge is 0.314 e. The number of carbonyl (C=O) groups excluding carboxylic acids is 1. The molecule has 0 fully saturated rings. The van der Waals surface area contributed by atoms with Crippen LogP contribution in [-0.4, -0.2) is 38.1 Å². The van der Waals surface area contributed by atoms with Gasteiger partial charge in [0.15, 0.2) is 0 Å². The molecule has 0 radical (unpaired) electrons. The molecule has 0 saturated heterocycles. The SMILES string of the molecule is CCCNC(=O)NCCc1ccc(CN(C)C)cc1. The molecule has 0 unspecified atom stereocenters. The summed E-state index contributed by atoms with van der Waals surface area (Å²) in [6.07, 6.45) is 1.82. The highest BCUT2D eigenvalue weighted by molar-refractivity contribution is 5.73. The second kappa shape index (κ2) is 8.53. The molecule has 2 N–H and O–H groups in total. The summed E-state index contributed by atoms with van der Waals surface area (Å²) < 4.78 is 0. The van der Waals surface area contributed by atoms with Crippen LogP contribution in [0.1, 0.15) is 24.5 Å². The van der Waals surface area contributed by atoms with Crippen LogP contribution < -0.4 is 10.6 Å². The predicted molar refractivity (Wildman–Crippen MR) is 79.2 cm³/mol. The van der Waals surface area contributed by atoms with Gasteiger partial charge in [-0.15, -0.1) is 0 Å². The molecule has 4 nitrogen and oxygen atoms in total. The quantitative estimate of drug-likeness (QED) is 0.790. The Hall–Kier alpha value is -1.55. The zero-order valence-electron chi connectivity index (χ0n) is 12.2. The minimum absolute atomic E-state index is 0.0777. The van der Waals surface area contributed by atoms with Gasteiger partial charge in [-0.25, -0.2) is 4.79 Å². The molecular formula is C15H25N3O. The molecular weight excluding hydrogens is 238 g/mol. The first-order chi connectivity index (χ1) is 9.11. The van der Waals surface area contributed by atoms with Crippen LogP contribution >= 0.6 is 0 Å². The van der Waals surface area contributed by atoms with Crippen molar-refractivity contribution in [1.29, 1.82) is 0 Å². The molecule has 0 saturated carbocycles. The van der Waals surface area contributed by atoms with E-state index in [0.29, 0.717) is 6.54 Å². The lowest BCUT2D eigenvalue weighted by molar-refractivity contribution is 0.241. The van der Waals surface area contributed by atoms with Gasteiger partial charge in [-0.2, -0.15) is 0 Å². The van der Waals surface area contributed by atoms with Gasteiger partial charge in [0.1, 0.15) is 0 Å². The third-order valence-corrected chi connectivity index (χ3v) is 2.76. The number of benzene rings is 1. The van der Waals surface area contributed by atoms with Crippen molar-refractivity contribution in [2.75, 3.05) is 27.2 Å². The van der Waals surface area contributed by atoms with E-state index in [4.69, 9.17) is 0 Å². The molecule has 0 aliphatic rings. The van der Waals surface area contributed by atoms with Gasteiger partial charge in [0.2, 0.25) is 0 Å². The first kappa shape index (κ1) is 15.5. The highest BCUT2D eigenvalue weighted by Crippen LogP contribution is 2.06. The van der Waals surface area contributed by atoms with Crippen LogP contribution in [0, 0.1) is 0 Å². The van der Waals surface area contributed by atoms with Crippen LogP contribution in [0.15, 0.2) is 24.3 Å². The Morgan fingerprint density at radius 2 is 1.63 bits per heavy atom. The normalized spacial score (nSPS) is 10.5. The molecule has 4 heteroatoms. The lowest BCUT2D eigenvalue weighted by Crippen LogP contribution is -2.36. The lowest BCUT2D eigenvalue weighted by Gasteiger charge is -2.10. The van der Waals surface area contributed by atoms with E-state index in [0.717, 1.165) is 25.9 Å². The van der Waals surface area contributed by atoms with Crippen molar-refractivity contribution in [3.8, 4) is 0 Å². The molecule has 0 atom stereocenters. The van der Waals surface area contributed by atoms with Crippen molar-refractivity contribution < 1.29 is 4.79 Å². The zero-order chi connectivity index (χ0) is 14.1. The van der Waals surface area contributed by atoms with Crippen LogP contribution in [0.25, 0.3) is 0 Å². The van der Waals surface area contributed by atoms with Crippen LogP contribution in [0.4, 0.5) is 4.79 Å². The number of nitrogens with zero attached hydrogens (tertiary/aromatic N) is 1. The second-order valence-corrected chi connectivity index (χ2v) is 4.99. The maximum Gasteiger partial charge on any atom is 0.314 e. The number of nitrogens with one attached hydrogen (secondary N) is 2. The molecule has 1 rings (SSSR count). The fourth-order valence-corrected chi connectivity index (χ4v) is 1.80. The van der Waals surface area contributed by atoms with Crippen molar-refractivity contribution in [1.82, 2.24) is 15.5 Å². The van der Waals surface area contributed by atoms with E-state index >= 15 is 0 Å². The van der Waals surface area contributed by atoms with E-state index in [9.17, 15) is 4.79 Å². The van der Waals surface area contributed by atoms with Gasteiger partial charge in [0, 0.05) is 19.6 Å². The summed E-state index contributed by atoms with van der Waals surface area (Å²) >= 11 is 0. The summed E-state index contributed by atoms with van der Waals surface area (Å²) in [5, 5.41) is 5.65. The highest BCUT2D eigenvalue weighted by atomic mass is 16.2. The summed E-state index contributed by atoms with van der Waals surface area (Å²) in [6.45, 7) is 4.39. The maximum atomic E-state index is 11.3. The number of hydrogen-bond donors (Lipinski definition) is 2. The van der Waals surface area contributed by atoms with Crippen LogP contribution in [-0.2, 0) is 13.0 Å². The first-order valence-corrected chi connectivity index (χ1v) is 6.86. The molecule has 2 amide bonds. The van der Waals surface area contributed by atoms with Crippen molar-refractivity contribution >= 4 is 6.03 Å². The van der Waals surface area contributed by atoms with E-state index in [1.54, 1.807) is 0 Å². The van der Waals surface area contributed by atoms with Crippen molar-refractivity contribution in [3.05, 3.63) is 35.4 Å². The van der Waals surface area contributed by atoms with E-state index in [1.165, 1.54) is 11.1 Å². The predicted octanol–water partition coefficient (Wildman–Crippen LogP) is 2.00. The highest BCUT2D eigenvalue weighted by Gasteiger charge is 1.99. The van der Waals surface area contributed by atoms with Gasteiger partial charge in [-0.1, -0.05) is 31.2 Å². The molecule has 0 spiro atoms. The number of hydrogen-bond acceptors (Lipinski definition) is 2. The third kappa shape index (κ3) is 6.82. The largest absolute Gasteiger partial charge is 0.338 e. The van der Waals surface area contributed by atoms with Crippen molar-refractivity contribution in [3.63, 3.8) is 0 Å². The second-order valence-electron chi connectivity index (χ2n) is 4.99. The topological polar surface area (TPSA) is 44.4 Å². The van der Waals surface area contributed by atoms with E-state index in [-0.39, 0.29) is 6.03 Å². The number of carbonyl (C=O) groups is 1. The zero-order valence-corrected chi connectivity index (χ0v) is 12.2. The summed E-state index contributed by atoms with van der Waals surface area (Å²) in [5.41, 5.74) is 2.56. The number of amides is 2. The van der Waals surface area contributed by atoms with E-state index in [1.807, 2.05) is 6.92 Å². The molecule has 0 aromatic heterocycles. The molecule has 0 bridgehead atoms.